The van der Waals surface area contributed by atoms with Gasteiger partial charge in [0.05, 0.1) is 12.2 Å². The number of carbonyl (C=O) groups is 1. The van der Waals surface area contributed by atoms with Gasteiger partial charge in [0.15, 0.2) is 11.5 Å². The summed E-state index contributed by atoms with van der Waals surface area (Å²) in [6.45, 7) is 0. The Balaban J connectivity index is 1.66. The number of halogens is 1. The van der Waals surface area contributed by atoms with Gasteiger partial charge in [-0.15, -0.1) is 0 Å². The molecule has 8 heteroatoms. The Morgan fingerprint density at radius 3 is 2.68 bits per heavy atom. The van der Waals surface area contributed by atoms with E-state index in [0.717, 1.165) is 12.8 Å². The number of nitrogens with zero attached hydrogens (tertiary/aromatic N) is 5. The van der Waals surface area contributed by atoms with E-state index in [4.69, 9.17) is 5.73 Å². The van der Waals surface area contributed by atoms with Gasteiger partial charge < -0.3 is 5.73 Å². The minimum atomic E-state index is -1.36. The summed E-state index contributed by atoms with van der Waals surface area (Å²) >= 11 is 0. The molecule has 7 nitrogen and oxygen atoms in total. The maximum absolute atomic E-state index is 14.3. The number of benzene rings is 1. The molecule has 1 aliphatic carbocycles. The summed E-state index contributed by atoms with van der Waals surface area (Å²) in [6, 6.07) is 10.8. The summed E-state index contributed by atoms with van der Waals surface area (Å²) in [5, 5.41) is 4.56. The minimum Gasteiger partial charge on any atom is -0.369 e. The Labute approximate surface area is 179 Å². The zero-order chi connectivity index (χ0) is 21.6. The molecule has 5 rings (SSSR count). The van der Waals surface area contributed by atoms with E-state index in [0.29, 0.717) is 28.3 Å². The Bertz CT molecular complexity index is 1180. The first-order valence-corrected chi connectivity index (χ1v) is 10.4. The average molecular weight is 418 g/mol. The Morgan fingerprint density at radius 1 is 1.16 bits per heavy atom. The van der Waals surface area contributed by atoms with Gasteiger partial charge in [-0.25, -0.2) is 9.98 Å². The third-order valence-electron chi connectivity index (χ3n) is 6.31. The minimum absolute atomic E-state index is 0.136. The quantitative estimate of drug-likeness (QED) is 0.659. The number of hydrogen-bond donors (Lipinski definition) is 1. The molecular formula is C23H23FN6O. The highest BCUT2D eigenvalue weighted by Gasteiger charge is 2.50. The summed E-state index contributed by atoms with van der Waals surface area (Å²) in [4.78, 5) is 23.2. The molecule has 3 aromatic rings. The third kappa shape index (κ3) is 3.01. The van der Waals surface area contributed by atoms with Crippen LogP contribution in [0.1, 0.15) is 42.9 Å². The Hall–Kier alpha value is -3.55. The van der Waals surface area contributed by atoms with Crippen molar-refractivity contribution >= 4 is 11.9 Å². The monoisotopic (exact) mass is 418 g/mol. The first-order valence-electron chi connectivity index (χ1n) is 10.4. The molecular weight excluding hydrogens is 395 g/mol. The molecule has 0 saturated heterocycles. The predicted octanol–water partition coefficient (Wildman–Crippen LogP) is 3.23. The van der Waals surface area contributed by atoms with Crippen LogP contribution in [0.5, 0.6) is 0 Å². The lowest BCUT2D eigenvalue weighted by molar-refractivity contribution is -0.129. The molecule has 1 unspecified atom stereocenters. The van der Waals surface area contributed by atoms with E-state index in [-0.39, 0.29) is 11.9 Å². The van der Waals surface area contributed by atoms with Crippen molar-refractivity contribution in [2.75, 3.05) is 7.05 Å². The average Bonchev–Trinajstić information content (AvgIpc) is 3.52. The maximum atomic E-state index is 14.3. The SMILES string of the molecule is CN1C(=O)C(c2cccc(-c3cccnc3F)c2)(c2cnn(C3CCCC3)c2)N=C1N. The van der Waals surface area contributed by atoms with Crippen LogP contribution in [0, 0.1) is 5.95 Å². The largest absolute Gasteiger partial charge is 0.369 e. The van der Waals surface area contributed by atoms with Gasteiger partial charge in [0.25, 0.3) is 5.91 Å². The van der Waals surface area contributed by atoms with Crippen molar-refractivity contribution in [1.82, 2.24) is 19.7 Å². The van der Waals surface area contributed by atoms with Crippen LogP contribution in [-0.2, 0) is 10.3 Å². The molecule has 1 atom stereocenters. The molecule has 0 spiro atoms. The number of carbonyl (C=O) groups excluding carboxylic acids is 1. The number of likely N-dealkylation sites (N-methyl/N-ethyl adjacent to an activating group) is 1. The first-order chi connectivity index (χ1) is 15.0. The van der Waals surface area contributed by atoms with Gasteiger partial charge in [0, 0.05) is 30.6 Å². The second-order valence-electron chi connectivity index (χ2n) is 8.11. The molecule has 2 aliphatic rings. The summed E-state index contributed by atoms with van der Waals surface area (Å²) in [6.07, 6.45) is 9.51. The van der Waals surface area contributed by atoms with Crippen molar-refractivity contribution in [3.63, 3.8) is 0 Å². The van der Waals surface area contributed by atoms with Crippen molar-refractivity contribution in [2.45, 2.75) is 37.3 Å². The maximum Gasteiger partial charge on any atom is 0.266 e. The van der Waals surface area contributed by atoms with Crippen molar-refractivity contribution in [3.05, 3.63) is 72.1 Å². The zero-order valence-electron chi connectivity index (χ0n) is 17.2. The number of pyridine rings is 1. The van der Waals surface area contributed by atoms with Gasteiger partial charge in [-0.3, -0.25) is 14.4 Å². The molecule has 2 aromatic heterocycles. The molecule has 0 radical (unpaired) electrons. The van der Waals surface area contributed by atoms with Gasteiger partial charge in [-0.2, -0.15) is 9.49 Å². The second kappa shape index (κ2) is 7.30. The fourth-order valence-electron chi connectivity index (χ4n) is 4.59. The van der Waals surface area contributed by atoms with Gasteiger partial charge in [0.2, 0.25) is 5.95 Å². The molecule has 2 N–H and O–H groups in total. The Kier molecular flexibility index (Phi) is 4.57. The number of rotatable bonds is 4. The van der Waals surface area contributed by atoms with E-state index < -0.39 is 11.5 Å². The number of hydrogen-bond acceptors (Lipinski definition) is 5. The lowest BCUT2D eigenvalue weighted by Gasteiger charge is -2.25. The second-order valence-corrected chi connectivity index (χ2v) is 8.11. The van der Waals surface area contributed by atoms with E-state index in [1.54, 1.807) is 43.6 Å². The van der Waals surface area contributed by atoms with E-state index in [1.165, 1.54) is 23.9 Å². The molecule has 0 bridgehead atoms. The highest BCUT2D eigenvalue weighted by molar-refractivity contribution is 6.09. The molecule has 1 fully saturated rings. The number of nitrogens with two attached hydrogens (primary N) is 1. The summed E-state index contributed by atoms with van der Waals surface area (Å²) in [5.41, 5.74) is 6.95. The first kappa shape index (κ1) is 19.4. The zero-order valence-corrected chi connectivity index (χ0v) is 17.2. The number of amides is 1. The van der Waals surface area contributed by atoms with Crippen LogP contribution in [0.3, 0.4) is 0 Å². The van der Waals surface area contributed by atoms with E-state index in [1.807, 2.05) is 16.9 Å². The molecule has 1 amide bonds. The van der Waals surface area contributed by atoms with Gasteiger partial charge in [-0.1, -0.05) is 31.0 Å². The van der Waals surface area contributed by atoms with E-state index in [9.17, 15) is 9.18 Å². The summed E-state index contributed by atoms with van der Waals surface area (Å²) in [5.74, 6) is -0.697. The fourth-order valence-corrected chi connectivity index (χ4v) is 4.59. The van der Waals surface area contributed by atoms with Crippen LogP contribution in [0.2, 0.25) is 0 Å². The highest BCUT2D eigenvalue weighted by Crippen LogP contribution is 2.41. The fraction of sp³-hybridized carbons (Fsp3) is 0.304. The lowest BCUT2D eigenvalue weighted by atomic mass is 9.83. The summed E-state index contributed by atoms with van der Waals surface area (Å²) < 4.78 is 16.3. The lowest BCUT2D eigenvalue weighted by Crippen LogP contribution is -2.41. The number of guanidine groups is 1. The van der Waals surface area contributed by atoms with Crippen molar-refractivity contribution in [1.29, 1.82) is 0 Å². The van der Waals surface area contributed by atoms with Crippen molar-refractivity contribution < 1.29 is 9.18 Å². The smallest absolute Gasteiger partial charge is 0.266 e. The van der Waals surface area contributed by atoms with Crippen LogP contribution in [0.15, 0.2) is 60.0 Å². The molecule has 31 heavy (non-hydrogen) atoms. The number of aliphatic imine (C=N–C) groups is 1. The van der Waals surface area contributed by atoms with Gasteiger partial charge >= 0.3 is 0 Å². The van der Waals surface area contributed by atoms with E-state index >= 15 is 0 Å². The van der Waals surface area contributed by atoms with Crippen molar-refractivity contribution in [3.8, 4) is 11.1 Å². The summed E-state index contributed by atoms with van der Waals surface area (Å²) in [7, 11) is 1.61. The highest BCUT2D eigenvalue weighted by atomic mass is 19.1. The van der Waals surface area contributed by atoms with Crippen LogP contribution in [-0.4, -0.2) is 38.6 Å². The van der Waals surface area contributed by atoms with Gasteiger partial charge in [-0.05, 0) is 42.2 Å². The predicted molar refractivity (Wildman–Crippen MR) is 115 cm³/mol. The number of aromatic nitrogens is 3. The molecule has 3 heterocycles. The molecule has 1 saturated carbocycles. The Morgan fingerprint density at radius 2 is 1.97 bits per heavy atom. The normalized spacial score (nSPS) is 21.7. The topological polar surface area (TPSA) is 89.4 Å². The molecule has 158 valence electrons. The third-order valence-corrected chi connectivity index (χ3v) is 6.31. The van der Waals surface area contributed by atoms with E-state index in [2.05, 4.69) is 15.1 Å². The van der Waals surface area contributed by atoms with Crippen LogP contribution in [0.25, 0.3) is 11.1 Å². The standard InChI is InChI=1S/C23H23FN6O/c1-29-21(31)23(28-22(29)25,17-13-27-30(14-17)18-8-2-3-9-18)16-7-4-6-15(12-16)19-10-5-11-26-20(19)24/h4-7,10-14,18H,2-3,8-9H2,1H3,(H2,25,28). The van der Waals surface area contributed by atoms with Crippen LogP contribution >= 0.6 is 0 Å². The van der Waals surface area contributed by atoms with Gasteiger partial charge in [0.1, 0.15) is 0 Å². The van der Waals surface area contributed by atoms with Crippen LogP contribution < -0.4 is 5.73 Å². The molecule has 1 aromatic carbocycles. The van der Waals surface area contributed by atoms with Crippen LogP contribution in [0.4, 0.5) is 4.39 Å². The van der Waals surface area contributed by atoms with Crippen molar-refractivity contribution in [2.24, 2.45) is 10.7 Å². The molecule has 1 aliphatic heterocycles.